The van der Waals surface area contributed by atoms with Gasteiger partial charge in [0.15, 0.2) is 23.8 Å². The van der Waals surface area contributed by atoms with Crippen molar-refractivity contribution in [2.75, 3.05) is 0 Å². The predicted octanol–water partition coefficient (Wildman–Crippen LogP) is 4.59. The van der Waals surface area contributed by atoms with Crippen LogP contribution < -0.4 is 0 Å². The van der Waals surface area contributed by atoms with Crippen LogP contribution in [-0.2, 0) is 28.7 Å². The molecule has 4 aliphatic carbocycles. The maximum absolute atomic E-state index is 14.5. The lowest BCUT2D eigenvalue weighted by Crippen LogP contribution is -2.66. The SMILES string of the molecule is CC=C(C)C(=O)OC1CC2(C)C(=CCC2C2=COC(C(C)(C)O)C(O)C2=O)C2(C)C(=O)CC3C(C)(C)C(=O)C=CC3(C)C12. The van der Waals surface area contributed by atoms with Gasteiger partial charge in [-0.25, -0.2) is 4.79 Å². The molecule has 2 fully saturated rings. The Labute approximate surface area is 254 Å². The lowest BCUT2D eigenvalue weighted by molar-refractivity contribution is -0.186. The number of rotatable bonds is 4. The number of fused-ring (bicyclic) bond motifs is 5. The fraction of sp³-hybridized carbons (Fsp3) is 0.657. The number of ether oxygens (including phenoxy) is 2. The second-order valence-corrected chi connectivity index (χ2v) is 15.2. The minimum absolute atomic E-state index is 0.000101. The molecule has 9 atom stereocenters. The van der Waals surface area contributed by atoms with Crippen LogP contribution in [0.3, 0.4) is 0 Å². The minimum Gasteiger partial charge on any atom is -0.491 e. The van der Waals surface area contributed by atoms with E-state index in [4.69, 9.17) is 9.47 Å². The Hall–Kier alpha value is -2.84. The van der Waals surface area contributed by atoms with E-state index in [-0.39, 0.29) is 23.9 Å². The fourth-order valence-corrected chi connectivity index (χ4v) is 9.45. The lowest BCUT2D eigenvalue weighted by Gasteiger charge is -2.65. The standard InChI is InChI=1S/C35H46O8/c1-10-18(2)30(40)43-21-16-34(8)20(19-17-42-29(32(5,6)41)27(39)26(19)38)11-12-22(34)35(9)25(37)15-23-31(3,4)24(36)13-14-33(23,7)28(21)35/h10,12-14,17,20-21,23,27-29,39,41H,11,15-16H2,1-9H3. The monoisotopic (exact) mass is 594 g/mol. The highest BCUT2D eigenvalue weighted by Crippen LogP contribution is 2.71. The lowest BCUT2D eigenvalue weighted by atomic mass is 9.38. The van der Waals surface area contributed by atoms with E-state index in [0.29, 0.717) is 24.0 Å². The first-order chi connectivity index (χ1) is 19.8. The zero-order valence-electron chi connectivity index (χ0n) is 26.8. The molecule has 0 aromatic heterocycles. The molecule has 0 radical (unpaired) electrons. The summed E-state index contributed by atoms with van der Waals surface area (Å²) < 4.78 is 12.1. The summed E-state index contributed by atoms with van der Waals surface area (Å²) in [5, 5.41) is 21.4. The van der Waals surface area contributed by atoms with Crippen LogP contribution in [-0.4, -0.2) is 57.4 Å². The van der Waals surface area contributed by atoms with Gasteiger partial charge in [0.2, 0.25) is 0 Å². The van der Waals surface area contributed by atoms with Gasteiger partial charge in [-0.3, -0.25) is 14.4 Å². The second-order valence-electron chi connectivity index (χ2n) is 15.2. The molecular weight excluding hydrogens is 548 g/mol. The molecular formula is C35H46O8. The second kappa shape index (κ2) is 9.83. The number of hydrogen-bond acceptors (Lipinski definition) is 8. The largest absolute Gasteiger partial charge is 0.491 e. The first-order valence-electron chi connectivity index (χ1n) is 15.4. The Kier molecular flexibility index (Phi) is 7.22. The molecule has 2 saturated carbocycles. The summed E-state index contributed by atoms with van der Waals surface area (Å²) in [5.41, 5.74) is -2.99. The first kappa shape index (κ1) is 31.6. The van der Waals surface area contributed by atoms with Gasteiger partial charge in [0.1, 0.15) is 11.9 Å². The number of hydrogen-bond donors (Lipinski definition) is 2. The Morgan fingerprint density at radius 2 is 1.79 bits per heavy atom. The Balaban J connectivity index is 1.65. The smallest absolute Gasteiger partial charge is 0.333 e. The van der Waals surface area contributed by atoms with Gasteiger partial charge in [-0.2, -0.15) is 0 Å². The van der Waals surface area contributed by atoms with Gasteiger partial charge < -0.3 is 19.7 Å². The summed E-state index contributed by atoms with van der Waals surface area (Å²) in [4.78, 5) is 54.5. The van der Waals surface area contributed by atoms with E-state index in [1.165, 1.54) is 20.1 Å². The summed E-state index contributed by atoms with van der Waals surface area (Å²) in [5.74, 6) is -2.15. The van der Waals surface area contributed by atoms with Gasteiger partial charge >= 0.3 is 5.97 Å². The van der Waals surface area contributed by atoms with Crippen LogP contribution in [0, 0.1) is 39.4 Å². The molecule has 0 bridgehead atoms. The maximum Gasteiger partial charge on any atom is 0.333 e. The highest BCUT2D eigenvalue weighted by molar-refractivity contribution is 6.01. The zero-order chi connectivity index (χ0) is 32.1. The molecule has 1 aliphatic heterocycles. The molecule has 0 spiro atoms. The molecule has 9 unspecified atom stereocenters. The van der Waals surface area contributed by atoms with Crippen molar-refractivity contribution in [2.45, 2.75) is 105 Å². The fourth-order valence-electron chi connectivity index (χ4n) is 9.45. The van der Waals surface area contributed by atoms with E-state index in [1.807, 2.05) is 33.8 Å². The molecule has 2 N–H and O–H groups in total. The van der Waals surface area contributed by atoms with Gasteiger partial charge in [-0.15, -0.1) is 0 Å². The van der Waals surface area contributed by atoms with Crippen molar-refractivity contribution < 1.29 is 38.9 Å². The summed E-state index contributed by atoms with van der Waals surface area (Å²) in [6, 6.07) is 0. The van der Waals surface area contributed by atoms with E-state index in [1.54, 1.807) is 26.0 Å². The van der Waals surface area contributed by atoms with Crippen LogP contribution in [0.5, 0.6) is 0 Å². The third-order valence-electron chi connectivity index (χ3n) is 11.9. The maximum atomic E-state index is 14.5. The van der Waals surface area contributed by atoms with Gasteiger partial charge in [-0.1, -0.05) is 51.5 Å². The van der Waals surface area contributed by atoms with Crippen LogP contribution in [0.15, 0.2) is 47.3 Å². The average molecular weight is 595 g/mol. The molecule has 0 saturated heterocycles. The molecule has 1 heterocycles. The van der Waals surface area contributed by atoms with Crippen molar-refractivity contribution in [3.8, 4) is 0 Å². The predicted molar refractivity (Wildman–Crippen MR) is 159 cm³/mol. The minimum atomic E-state index is -1.55. The number of allylic oxidation sites excluding steroid dienone is 5. The quantitative estimate of drug-likeness (QED) is 0.275. The van der Waals surface area contributed by atoms with Crippen LogP contribution in [0.25, 0.3) is 0 Å². The van der Waals surface area contributed by atoms with Crippen LogP contribution >= 0.6 is 0 Å². The zero-order valence-corrected chi connectivity index (χ0v) is 26.8. The van der Waals surface area contributed by atoms with Crippen molar-refractivity contribution >= 4 is 23.3 Å². The number of esters is 1. The van der Waals surface area contributed by atoms with E-state index in [2.05, 4.69) is 13.0 Å². The van der Waals surface area contributed by atoms with Gasteiger partial charge in [0, 0.05) is 40.2 Å². The summed E-state index contributed by atoms with van der Waals surface area (Å²) >= 11 is 0. The van der Waals surface area contributed by atoms with Crippen molar-refractivity contribution in [1.29, 1.82) is 0 Å². The molecule has 5 aliphatic rings. The summed E-state index contributed by atoms with van der Waals surface area (Å²) in [6.45, 7) is 16.3. The summed E-state index contributed by atoms with van der Waals surface area (Å²) in [7, 11) is 0. The third-order valence-corrected chi connectivity index (χ3v) is 11.9. The molecule has 8 nitrogen and oxygen atoms in total. The number of Topliss-reactive ketones (excluding diaryl/α,β-unsaturated/α-hetero) is 2. The number of ketones is 3. The summed E-state index contributed by atoms with van der Waals surface area (Å²) in [6.07, 6.45) is 6.31. The van der Waals surface area contributed by atoms with Gasteiger partial charge in [-0.05, 0) is 64.9 Å². The van der Waals surface area contributed by atoms with E-state index in [0.717, 1.165) is 5.57 Å². The molecule has 234 valence electrons. The van der Waals surface area contributed by atoms with Crippen LogP contribution in [0.1, 0.15) is 81.6 Å². The Morgan fingerprint density at radius 1 is 1.14 bits per heavy atom. The molecule has 0 amide bonds. The van der Waals surface area contributed by atoms with Gasteiger partial charge in [0.05, 0.1) is 17.3 Å². The third kappa shape index (κ3) is 4.30. The van der Waals surface area contributed by atoms with Crippen LogP contribution in [0.2, 0.25) is 0 Å². The molecule has 0 aromatic rings. The Morgan fingerprint density at radius 3 is 2.40 bits per heavy atom. The van der Waals surface area contributed by atoms with E-state index in [9.17, 15) is 29.4 Å². The topological polar surface area (TPSA) is 127 Å². The molecule has 8 heteroatoms. The van der Waals surface area contributed by atoms with Crippen molar-refractivity contribution in [3.05, 3.63) is 47.3 Å². The molecule has 43 heavy (non-hydrogen) atoms. The number of aliphatic hydroxyl groups excluding tert-OH is 1. The molecule has 0 aromatic carbocycles. The van der Waals surface area contributed by atoms with Crippen molar-refractivity contribution in [2.24, 2.45) is 39.4 Å². The highest BCUT2D eigenvalue weighted by Gasteiger charge is 2.71. The number of aliphatic hydroxyl groups is 2. The van der Waals surface area contributed by atoms with E-state index < -0.39 is 69.2 Å². The van der Waals surface area contributed by atoms with E-state index >= 15 is 0 Å². The number of carbonyl (C=O) groups excluding carboxylic acids is 4. The number of carbonyl (C=O) groups is 4. The van der Waals surface area contributed by atoms with Crippen molar-refractivity contribution in [3.63, 3.8) is 0 Å². The van der Waals surface area contributed by atoms with Crippen LogP contribution in [0.4, 0.5) is 0 Å². The van der Waals surface area contributed by atoms with Gasteiger partial charge in [0.25, 0.3) is 0 Å². The normalized spacial score (nSPS) is 42.3. The Bertz CT molecular complexity index is 1400. The average Bonchev–Trinajstić information content (AvgIpc) is 3.26. The first-order valence-corrected chi connectivity index (χ1v) is 15.4. The van der Waals surface area contributed by atoms with Crippen molar-refractivity contribution in [1.82, 2.24) is 0 Å². The highest BCUT2D eigenvalue weighted by atomic mass is 16.5. The molecule has 5 rings (SSSR count).